The van der Waals surface area contributed by atoms with Crippen molar-refractivity contribution in [3.8, 4) is 0 Å². The summed E-state index contributed by atoms with van der Waals surface area (Å²) in [5.41, 5.74) is 4.95. The zero-order valence-electron chi connectivity index (χ0n) is 7.67. The normalized spacial score (nSPS) is 10.2. The van der Waals surface area contributed by atoms with Crippen LogP contribution < -0.4 is 5.73 Å². The molecule has 0 aromatic heterocycles. The molecule has 0 rings (SSSR count). The highest BCUT2D eigenvalue weighted by Crippen LogP contribution is 1.91. The van der Waals surface area contributed by atoms with Gasteiger partial charge < -0.3 is 5.73 Å². The van der Waals surface area contributed by atoms with Crippen molar-refractivity contribution >= 4 is 11.7 Å². The first-order chi connectivity index (χ1) is 5.56. The van der Waals surface area contributed by atoms with Crippen molar-refractivity contribution < 1.29 is 9.59 Å². The van der Waals surface area contributed by atoms with Crippen LogP contribution in [0.3, 0.4) is 0 Å². The summed E-state index contributed by atoms with van der Waals surface area (Å²) < 4.78 is 0. The Morgan fingerprint density at radius 1 is 1.33 bits per heavy atom. The number of hydrogen-bond acceptors (Lipinski definition) is 3. The molecule has 2 N–H and O–H groups in total. The molecule has 0 aromatic rings. The first-order valence-electron chi connectivity index (χ1n) is 4.04. The van der Waals surface area contributed by atoms with Gasteiger partial charge in [-0.1, -0.05) is 6.92 Å². The molecule has 0 bridgehead atoms. The number of ketones is 1. The molecule has 1 amide bonds. The third kappa shape index (κ3) is 5.85. The van der Waals surface area contributed by atoms with Gasteiger partial charge in [-0.05, 0) is 13.5 Å². The summed E-state index contributed by atoms with van der Waals surface area (Å²) in [7, 11) is 1.71. The fraction of sp³-hybridized carbons (Fsp3) is 0.750. The van der Waals surface area contributed by atoms with Gasteiger partial charge in [0.2, 0.25) is 5.91 Å². The SMILES string of the molecule is CCCC(=O)CN(C)CC(N)=O. The predicted octanol–water partition coefficient (Wildman–Crippen LogP) is -0.227. The first kappa shape index (κ1) is 11.1. The van der Waals surface area contributed by atoms with Crippen molar-refractivity contribution in [3.63, 3.8) is 0 Å². The molecule has 0 spiro atoms. The molecule has 0 unspecified atom stereocenters. The van der Waals surface area contributed by atoms with Crippen LogP contribution in [0.2, 0.25) is 0 Å². The van der Waals surface area contributed by atoms with Crippen LogP contribution in [0.25, 0.3) is 0 Å². The van der Waals surface area contributed by atoms with Gasteiger partial charge in [-0.15, -0.1) is 0 Å². The van der Waals surface area contributed by atoms with Gasteiger partial charge in [-0.25, -0.2) is 0 Å². The summed E-state index contributed by atoms with van der Waals surface area (Å²) in [6, 6.07) is 0. The maximum Gasteiger partial charge on any atom is 0.231 e. The zero-order valence-corrected chi connectivity index (χ0v) is 7.67. The molecule has 0 fully saturated rings. The van der Waals surface area contributed by atoms with Crippen molar-refractivity contribution in [2.75, 3.05) is 20.1 Å². The van der Waals surface area contributed by atoms with E-state index < -0.39 is 5.91 Å². The second-order valence-corrected chi connectivity index (χ2v) is 2.93. The summed E-state index contributed by atoms with van der Waals surface area (Å²) in [5, 5.41) is 0. The Morgan fingerprint density at radius 2 is 1.92 bits per heavy atom. The number of primary amides is 1. The van der Waals surface area contributed by atoms with Crippen molar-refractivity contribution in [1.82, 2.24) is 4.90 Å². The molecule has 0 saturated carbocycles. The van der Waals surface area contributed by atoms with Crippen LogP contribution >= 0.6 is 0 Å². The molecule has 0 heterocycles. The van der Waals surface area contributed by atoms with Crippen molar-refractivity contribution in [2.24, 2.45) is 5.73 Å². The number of nitrogens with zero attached hydrogens (tertiary/aromatic N) is 1. The number of likely N-dealkylation sites (N-methyl/N-ethyl adjacent to an activating group) is 1. The average molecular weight is 172 g/mol. The van der Waals surface area contributed by atoms with Gasteiger partial charge in [-0.2, -0.15) is 0 Å². The minimum atomic E-state index is -0.401. The van der Waals surface area contributed by atoms with E-state index in [0.717, 1.165) is 6.42 Å². The number of carbonyl (C=O) groups is 2. The molecule has 70 valence electrons. The van der Waals surface area contributed by atoms with E-state index in [4.69, 9.17) is 5.73 Å². The van der Waals surface area contributed by atoms with E-state index in [9.17, 15) is 9.59 Å². The number of hydrogen-bond donors (Lipinski definition) is 1. The van der Waals surface area contributed by atoms with E-state index in [2.05, 4.69) is 0 Å². The second kappa shape index (κ2) is 5.71. The van der Waals surface area contributed by atoms with Crippen LogP contribution in [0.15, 0.2) is 0 Å². The smallest absolute Gasteiger partial charge is 0.231 e. The molecular weight excluding hydrogens is 156 g/mol. The van der Waals surface area contributed by atoms with E-state index in [1.54, 1.807) is 11.9 Å². The van der Waals surface area contributed by atoms with Crippen LogP contribution in [0, 0.1) is 0 Å². The minimum Gasteiger partial charge on any atom is -0.369 e. The molecule has 4 heteroatoms. The van der Waals surface area contributed by atoms with E-state index >= 15 is 0 Å². The number of nitrogens with two attached hydrogens (primary N) is 1. The Bertz CT molecular complexity index is 168. The van der Waals surface area contributed by atoms with Crippen LogP contribution in [0.4, 0.5) is 0 Å². The zero-order chi connectivity index (χ0) is 9.56. The van der Waals surface area contributed by atoms with Crippen LogP contribution in [0.5, 0.6) is 0 Å². The number of rotatable bonds is 6. The van der Waals surface area contributed by atoms with Crippen molar-refractivity contribution in [2.45, 2.75) is 19.8 Å². The van der Waals surface area contributed by atoms with E-state index in [1.807, 2.05) is 6.92 Å². The van der Waals surface area contributed by atoms with Gasteiger partial charge >= 0.3 is 0 Å². The first-order valence-corrected chi connectivity index (χ1v) is 4.04. The third-order valence-electron chi connectivity index (χ3n) is 1.40. The summed E-state index contributed by atoms with van der Waals surface area (Å²) >= 11 is 0. The molecule has 0 aliphatic carbocycles. The highest BCUT2D eigenvalue weighted by Gasteiger charge is 2.06. The Balaban J connectivity index is 3.61. The average Bonchev–Trinajstić information content (AvgIpc) is 1.84. The maximum absolute atomic E-state index is 11.0. The fourth-order valence-corrected chi connectivity index (χ4v) is 0.981. The molecule has 0 atom stereocenters. The number of Topliss-reactive ketones (excluding diaryl/α,β-unsaturated/α-hetero) is 1. The second-order valence-electron chi connectivity index (χ2n) is 2.93. The molecule has 0 saturated heterocycles. The van der Waals surface area contributed by atoms with Gasteiger partial charge in [0.1, 0.15) is 5.78 Å². The van der Waals surface area contributed by atoms with Crippen LogP contribution in [0.1, 0.15) is 19.8 Å². The van der Waals surface area contributed by atoms with Gasteiger partial charge in [0.05, 0.1) is 13.1 Å². The van der Waals surface area contributed by atoms with Gasteiger partial charge in [0, 0.05) is 6.42 Å². The van der Waals surface area contributed by atoms with Crippen molar-refractivity contribution in [3.05, 3.63) is 0 Å². The van der Waals surface area contributed by atoms with Crippen molar-refractivity contribution in [1.29, 1.82) is 0 Å². The summed E-state index contributed by atoms with van der Waals surface area (Å²) in [4.78, 5) is 23.1. The van der Waals surface area contributed by atoms with E-state index in [-0.39, 0.29) is 12.3 Å². The topological polar surface area (TPSA) is 63.4 Å². The molecule has 0 aliphatic rings. The lowest BCUT2D eigenvalue weighted by molar-refractivity contribution is -0.121. The van der Waals surface area contributed by atoms with Crippen LogP contribution in [-0.4, -0.2) is 36.7 Å². The molecule has 0 aliphatic heterocycles. The molecule has 0 aromatic carbocycles. The van der Waals surface area contributed by atoms with Gasteiger partial charge in [-0.3, -0.25) is 14.5 Å². The third-order valence-corrected chi connectivity index (χ3v) is 1.40. The number of amides is 1. The summed E-state index contributed by atoms with van der Waals surface area (Å²) in [6.45, 7) is 2.41. The quantitative estimate of drug-likeness (QED) is 0.602. The van der Waals surface area contributed by atoms with Gasteiger partial charge in [0.25, 0.3) is 0 Å². The summed E-state index contributed by atoms with van der Waals surface area (Å²) in [6.07, 6.45) is 1.42. The molecule has 4 nitrogen and oxygen atoms in total. The Morgan fingerprint density at radius 3 is 2.33 bits per heavy atom. The Hall–Kier alpha value is -0.900. The number of carbonyl (C=O) groups excluding carboxylic acids is 2. The van der Waals surface area contributed by atoms with E-state index in [0.29, 0.717) is 13.0 Å². The molecule has 12 heavy (non-hydrogen) atoms. The lowest BCUT2D eigenvalue weighted by Gasteiger charge is -2.12. The summed E-state index contributed by atoms with van der Waals surface area (Å²) in [5.74, 6) is -0.247. The highest BCUT2D eigenvalue weighted by atomic mass is 16.1. The lowest BCUT2D eigenvalue weighted by atomic mass is 10.2. The van der Waals surface area contributed by atoms with E-state index in [1.165, 1.54) is 0 Å². The Labute approximate surface area is 72.7 Å². The minimum absolute atomic E-state index is 0.148. The predicted molar refractivity (Wildman–Crippen MR) is 46.6 cm³/mol. The highest BCUT2D eigenvalue weighted by molar-refractivity contribution is 5.81. The van der Waals surface area contributed by atoms with Gasteiger partial charge in [0.15, 0.2) is 0 Å². The standard InChI is InChI=1S/C8H16N2O2/c1-3-4-7(11)5-10(2)6-8(9)12/h3-6H2,1-2H3,(H2,9,12). The largest absolute Gasteiger partial charge is 0.369 e. The monoisotopic (exact) mass is 172 g/mol. The fourth-order valence-electron chi connectivity index (χ4n) is 0.981. The van der Waals surface area contributed by atoms with Crippen LogP contribution in [-0.2, 0) is 9.59 Å². The Kier molecular flexibility index (Phi) is 5.28. The maximum atomic E-state index is 11.0. The molecular formula is C8H16N2O2. The lowest BCUT2D eigenvalue weighted by Crippen LogP contribution is -2.34. The molecule has 0 radical (unpaired) electrons.